The van der Waals surface area contributed by atoms with E-state index in [1.54, 1.807) is 0 Å². The number of hydrogen-bond acceptors (Lipinski definition) is 4. The van der Waals surface area contributed by atoms with Gasteiger partial charge in [0.2, 0.25) is 0 Å². The number of esters is 1. The maximum absolute atomic E-state index is 13.9. The van der Waals surface area contributed by atoms with E-state index in [1.807, 2.05) is 20.8 Å². The van der Waals surface area contributed by atoms with Crippen molar-refractivity contribution in [1.82, 2.24) is 5.32 Å². The summed E-state index contributed by atoms with van der Waals surface area (Å²) in [7, 11) is 1.28. The van der Waals surface area contributed by atoms with Gasteiger partial charge in [0.15, 0.2) is 0 Å². The largest absolute Gasteiger partial charge is 0.469 e. The Labute approximate surface area is 128 Å². The summed E-state index contributed by atoms with van der Waals surface area (Å²) in [6.07, 6.45) is 0.118. The van der Waals surface area contributed by atoms with Gasteiger partial charge in [-0.1, -0.05) is 0 Å². The molecule has 0 atom stereocenters. The van der Waals surface area contributed by atoms with Crippen LogP contribution in [0.2, 0.25) is 0 Å². The second kappa shape index (κ2) is 7.75. The van der Waals surface area contributed by atoms with Crippen LogP contribution >= 0.6 is 11.8 Å². The van der Waals surface area contributed by atoms with Crippen LogP contribution in [0.5, 0.6) is 0 Å². The van der Waals surface area contributed by atoms with Gasteiger partial charge in [0, 0.05) is 17.8 Å². The summed E-state index contributed by atoms with van der Waals surface area (Å²) < 4.78 is 32.3. The molecule has 0 heterocycles. The third kappa shape index (κ3) is 6.44. The topological polar surface area (TPSA) is 38.3 Å². The molecule has 1 aromatic rings. The Morgan fingerprint density at radius 1 is 1.29 bits per heavy atom. The summed E-state index contributed by atoms with van der Waals surface area (Å²) in [4.78, 5) is 10.9. The van der Waals surface area contributed by atoms with E-state index in [0.717, 1.165) is 11.8 Å². The Morgan fingerprint density at radius 2 is 1.86 bits per heavy atom. The zero-order valence-electron chi connectivity index (χ0n) is 12.8. The predicted octanol–water partition coefficient (Wildman–Crippen LogP) is 3.51. The molecule has 0 aromatic heterocycles. The second-order valence-electron chi connectivity index (χ2n) is 5.67. The highest BCUT2D eigenvalue weighted by Crippen LogP contribution is 2.27. The Morgan fingerprint density at radius 3 is 2.33 bits per heavy atom. The second-order valence-corrected chi connectivity index (χ2v) is 6.77. The minimum absolute atomic E-state index is 0.0570. The quantitative estimate of drug-likeness (QED) is 0.644. The highest BCUT2D eigenvalue weighted by molar-refractivity contribution is 7.99. The van der Waals surface area contributed by atoms with E-state index in [9.17, 15) is 13.6 Å². The normalized spacial score (nSPS) is 11.5. The van der Waals surface area contributed by atoms with E-state index >= 15 is 0 Å². The smallest absolute Gasteiger partial charge is 0.306 e. The molecule has 0 aliphatic heterocycles. The number of nitrogens with one attached hydrogen (secondary N) is 1. The molecule has 0 aliphatic carbocycles. The minimum atomic E-state index is -0.601. The average Bonchev–Trinajstić information content (AvgIpc) is 2.38. The van der Waals surface area contributed by atoms with Gasteiger partial charge in [0.1, 0.15) is 11.6 Å². The van der Waals surface area contributed by atoms with Gasteiger partial charge in [0.25, 0.3) is 0 Å². The van der Waals surface area contributed by atoms with Gasteiger partial charge in [0.05, 0.1) is 18.4 Å². The minimum Gasteiger partial charge on any atom is -0.469 e. The predicted molar refractivity (Wildman–Crippen MR) is 80.3 cm³/mol. The van der Waals surface area contributed by atoms with Crippen molar-refractivity contribution in [3.63, 3.8) is 0 Å². The van der Waals surface area contributed by atoms with Crippen LogP contribution in [0.1, 0.15) is 32.8 Å². The van der Waals surface area contributed by atoms with Crippen LogP contribution in [0.15, 0.2) is 17.0 Å². The fourth-order valence-electron chi connectivity index (χ4n) is 1.56. The van der Waals surface area contributed by atoms with Crippen LogP contribution in [0, 0.1) is 11.6 Å². The molecule has 0 unspecified atom stereocenters. The van der Waals surface area contributed by atoms with Crippen molar-refractivity contribution in [2.75, 3.05) is 12.9 Å². The molecular formula is C15H21F2NO2S. The Kier molecular flexibility index (Phi) is 6.61. The molecule has 1 aromatic carbocycles. The third-order valence-corrected chi connectivity index (χ3v) is 3.75. The van der Waals surface area contributed by atoms with Gasteiger partial charge in [-0.3, -0.25) is 4.79 Å². The van der Waals surface area contributed by atoms with Gasteiger partial charge in [-0.2, -0.15) is 0 Å². The number of ether oxygens (including phenoxy) is 1. The van der Waals surface area contributed by atoms with E-state index in [-0.39, 0.29) is 22.6 Å². The molecule has 0 fully saturated rings. The molecule has 3 nitrogen and oxygen atoms in total. The number of thioether (sulfide) groups is 1. The first-order valence-corrected chi connectivity index (χ1v) is 7.64. The molecule has 118 valence electrons. The summed E-state index contributed by atoms with van der Waals surface area (Å²) in [5.74, 6) is -1.32. The van der Waals surface area contributed by atoms with Gasteiger partial charge in [-0.05, 0) is 38.5 Å². The number of rotatable bonds is 6. The van der Waals surface area contributed by atoms with E-state index in [4.69, 9.17) is 0 Å². The highest BCUT2D eigenvalue weighted by atomic mass is 32.2. The average molecular weight is 317 g/mol. The van der Waals surface area contributed by atoms with Crippen LogP contribution in [-0.2, 0) is 16.1 Å². The fraction of sp³-hybridized carbons (Fsp3) is 0.533. The lowest BCUT2D eigenvalue weighted by atomic mass is 10.1. The molecule has 1 rings (SSSR count). The maximum atomic E-state index is 13.9. The number of carbonyl (C=O) groups excluding carboxylic acids is 1. The van der Waals surface area contributed by atoms with Crippen molar-refractivity contribution in [3.8, 4) is 0 Å². The van der Waals surface area contributed by atoms with Crippen molar-refractivity contribution in [3.05, 3.63) is 29.3 Å². The SMILES string of the molecule is COC(=O)CCSc1c(F)cc(CNC(C)(C)C)cc1F. The first kappa shape index (κ1) is 17.9. The molecule has 0 bridgehead atoms. The molecular weight excluding hydrogens is 296 g/mol. The van der Waals surface area contributed by atoms with E-state index < -0.39 is 17.6 Å². The number of benzene rings is 1. The van der Waals surface area contributed by atoms with Crippen molar-refractivity contribution in [2.24, 2.45) is 0 Å². The summed E-state index contributed by atoms with van der Waals surface area (Å²) >= 11 is 0.978. The van der Waals surface area contributed by atoms with Gasteiger partial charge in [-0.25, -0.2) is 8.78 Å². The lowest BCUT2D eigenvalue weighted by Gasteiger charge is -2.20. The number of hydrogen-bond donors (Lipinski definition) is 1. The lowest BCUT2D eigenvalue weighted by molar-refractivity contribution is -0.140. The van der Waals surface area contributed by atoms with Crippen molar-refractivity contribution >= 4 is 17.7 Å². The third-order valence-electron chi connectivity index (χ3n) is 2.66. The highest BCUT2D eigenvalue weighted by Gasteiger charge is 2.14. The van der Waals surface area contributed by atoms with Crippen molar-refractivity contribution in [2.45, 2.75) is 44.2 Å². The van der Waals surface area contributed by atoms with Crippen LogP contribution < -0.4 is 5.32 Å². The summed E-state index contributed by atoms with van der Waals surface area (Å²) in [6.45, 7) is 6.34. The first-order chi connectivity index (χ1) is 9.73. The molecule has 0 amide bonds. The van der Waals surface area contributed by atoms with E-state index in [1.165, 1.54) is 19.2 Å². The first-order valence-electron chi connectivity index (χ1n) is 6.65. The standard InChI is InChI=1S/C15H21F2NO2S/c1-15(2,3)18-9-10-7-11(16)14(12(17)8-10)21-6-5-13(19)20-4/h7-8,18H,5-6,9H2,1-4H3. The zero-order chi connectivity index (χ0) is 16.0. The Bertz CT molecular complexity index is 478. The van der Waals surface area contributed by atoms with E-state index in [2.05, 4.69) is 10.1 Å². The Balaban J connectivity index is 2.69. The number of halogens is 2. The van der Waals surface area contributed by atoms with Gasteiger partial charge < -0.3 is 10.1 Å². The maximum Gasteiger partial charge on any atom is 0.306 e. The molecule has 6 heteroatoms. The molecule has 21 heavy (non-hydrogen) atoms. The number of carbonyl (C=O) groups is 1. The van der Waals surface area contributed by atoms with Gasteiger partial charge in [-0.15, -0.1) is 11.8 Å². The van der Waals surface area contributed by atoms with E-state index in [0.29, 0.717) is 12.1 Å². The van der Waals surface area contributed by atoms with Crippen LogP contribution in [0.25, 0.3) is 0 Å². The molecule has 0 saturated heterocycles. The number of methoxy groups -OCH3 is 1. The monoisotopic (exact) mass is 317 g/mol. The van der Waals surface area contributed by atoms with Crippen molar-refractivity contribution < 1.29 is 18.3 Å². The van der Waals surface area contributed by atoms with Gasteiger partial charge >= 0.3 is 5.97 Å². The van der Waals surface area contributed by atoms with Crippen molar-refractivity contribution in [1.29, 1.82) is 0 Å². The summed E-state index contributed by atoms with van der Waals surface area (Å²) in [5.41, 5.74) is 0.429. The summed E-state index contributed by atoms with van der Waals surface area (Å²) in [6, 6.07) is 2.64. The summed E-state index contributed by atoms with van der Waals surface area (Å²) in [5, 5.41) is 3.18. The molecule has 0 spiro atoms. The molecule has 0 radical (unpaired) electrons. The molecule has 0 aliphatic rings. The van der Waals surface area contributed by atoms with Crippen LogP contribution in [0.4, 0.5) is 8.78 Å². The lowest BCUT2D eigenvalue weighted by Crippen LogP contribution is -2.35. The fourth-order valence-corrected chi connectivity index (χ4v) is 2.42. The Hall–Kier alpha value is -1.14. The van der Waals surface area contributed by atoms with Crippen LogP contribution in [0.3, 0.4) is 0 Å². The molecule has 1 N–H and O–H groups in total. The zero-order valence-corrected chi connectivity index (χ0v) is 13.6. The molecule has 0 saturated carbocycles. The van der Waals surface area contributed by atoms with Crippen LogP contribution in [-0.4, -0.2) is 24.4 Å².